The first-order valence-electron chi connectivity index (χ1n) is 10.1. The highest BCUT2D eigenvalue weighted by Gasteiger charge is 2.19. The molecule has 3 aromatic rings. The molecule has 4 nitrogen and oxygen atoms in total. The van der Waals surface area contributed by atoms with Crippen LogP contribution in [-0.4, -0.2) is 17.5 Å². The third-order valence-electron chi connectivity index (χ3n) is 5.16. The summed E-state index contributed by atoms with van der Waals surface area (Å²) in [5.74, 6) is 0.551. The molecule has 5 heteroatoms. The van der Waals surface area contributed by atoms with Crippen molar-refractivity contribution in [2.24, 2.45) is 0 Å². The van der Waals surface area contributed by atoms with Gasteiger partial charge in [-0.15, -0.1) is 0 Å². The Morgan fingerprint density at radius 2 is 1.83 bits per heavy atom. The number of hydrogen-bond acceptors (Lipinski definition) is 3. The monoisotopic (exact) mass is 423 g/mol. The maximum absolute atomic E-state index is 13.0. The molecular weight excluding hydrogens is 398 g/mol. The van der Waals surface area contributed by atoms with E-state index < -0.39 is 0 Å². The predicted molar refractivity (Wildman–Crippen MR) is 122 cm³/mol. The van der Waals surface area contributed by atoms with Crippen molar-refractivity contribution in [1.82, 2.24) is 4.57 Å². The van der Waals surface area contributed by atoms with E-state index in [2.05, 4.69) is 0 Å². The summed E-state index contributed by atoms with van der Waals surface area (Å²) in [6.07, 6.45) is 3.62. The minimum atomic E-state index is -0.150. The van der Waals surface area contributed by atoms with Gasteiger partial charge in [0.25, 0.3) is 5.56 Å². The number of methoxy groups -OCH3 is 1. The lowest BCUT2D eigenvalue weighted by Crippen LogP contribution is -2.24. The van der Waals surface area contributed by atoms with Crippen LogP contribution in [0.5, 0.6) is 5.75 Å². The third kappa shape index (κ3) is 4.82. The van der Waals surface area contributed by atoms with E-state index in [4.69, 9.17) is 16.3 Å². The van der Waals surface area contributed by atoms with Gasteiger partial charge in [-0.3, -0.25) is 9.59 Å². The van der Waals surface area contributed by atoms with Gasteiger partial charge in [0, 0.05) is 34.7 Å². The largest absolute Gasteiger partial charge is 0.495 e. The van der Waals surface area contributed by atoms with Crippen LogP contribution in [0.3, 0.4) is 0 Å². The number of hydrogen-bond donors (Lipinski definition) is 0. The van der Waals surface area contributed by atoms with Crippen molar-refractivity contribution >= 4 is 17.4 Å². The van der Waals surface area contributed by atoms with Gasteiger partial charge in [0.05, 0.1) is 13.3 Å². The Morgan fingerprint density at radius 1 is 1.10 bits per heavy atom. The molecule has 1 heterocycles. The van der Waals surface area contributed by atoms with Crippen LogP contribution in [0.1, 0.15) is 48.7 Å². The highest BCUT2D eigenvalue weighted by atomic mass is 35.5. The number of ketones is 1. The molecule has 2 aromatic carbocycles. The van der Waals surface area contributed by atoms with Crippen molar-refractivity contribution in [3.8, 4) is 16.9 Å². The summed E-state index contributed by atoms with van der Waals surface area (Å²) in [6, 6.07) is 16.7. The summed E-state index contributed by atoms with van der Waals surface area (Å²) in [6.45, 7) is 3.96. The number of benzene rings is 2. The molecule has 3 rings (SSSR count). The first-order chi connectivity index (χ1) is 14.4. The van der Waals surface area contributed by atoms with Crippen LogP contribution >= 0.6 is 11.6 Å². The number of nitrogens with zero attached hydrogens (tertiary/aromatic N) is 1. The number of aromatic nitrogens is 1. The van der Waals surface area contributed by atoms with Gasteiger partial charge in [0.2, 0.25) is 0 Å². The molecule has 0 aliphatic heterocycles. The fourth-order valence-corrected chi connectivity index (χ4v) is 3.82. The maximum atomic E-state index is 13.0. The average Bonchev–Trinajstić information content (AvgIpc) is 2.74. The van der Waals surface area contributed by atoms with Crippen LogP contribution in [0.2, 0.25) is 5.02 Å². The fraction of sp³-hybridized carbons (Fsp3) is 0.280. The van der Waals surface area contributed by atoms with E-state index in [0.717, 1.165) is 18.4 Å². The van der Waals surface area contributed by atoms with Gasteiger partial charge in [0.15, 0.2) is 5.78 Å². The van der Waals surface area contributed by atoms with Crippen LogP contribution in [0, 0.1) is 0 Å². The van der Waals surface area contributed by atoms with E-state index in [9.17, 15) is 9.59 Å². The second-order valence-corrected chi connectivity index (χ2v) is 7.84. The molecule has 0 aliphatic carbocycles. The van der Waals surface area contributed by atoms with Crippen molar-refractivity contribution in [3.05, 3.63) is 87.3 Å². The quantitative estimate of drug-likeness (QED) is 0.420. The molecule has 0 radical (unpaired) electrons. The van der Waals surface area contributed by atoms with Gasteiger partial charge in [-0.2, -0.15) is 0 Å². The van der Waals surface area contributed by atoms with E-state index in [0.29, 0.717) is 33.9 Å². The Labute approximate surface area is 182 Å². The van der Waals surface area contributed by atoms with E-state index >= 15 is 0 Å². The van der Waals surface area contributed by atoms with Crippen LogP contribution in [-0.2, 0) is 6.42 Å². The Hall–Kier alpha value is -2.85. The molecule has 0 amide bonds. The molecular formula is C25H26ClNO3. The Balaban J connectivity index is 2.06. The average molecular weight is 424 g/mol. The number of carbonyl (C=O) groups excluding carboxylic acids is 1. The van der Waals surface area contributed by atoms with Gasteiger partial charge in [-0.05, 0) is 49.1 Å². The molecule has 1 aromatic heterocycles. The zero-order valence-corrected chi connectivity index (χ0v) is 18.3. The summed E-state index contributed by atoms with van der Waals surface area (Å²) in [4.78, 5) is 25.6. The lowest BCUT2D eigenvalue weighted by molar-refractivity contribution is 0.0982. The van der Waals surface area contributed by atoms with Gasteiger partial charge in [-0.25, -0.2) is 0 Å². The maximum Gasteiger partial charge on any atom is 0.251 e. The topological polar surface area (TPSA) is 48.3 Å². The molecule has 1 atom stereocenters. The fourth-order valence-electron chi connectivity index (χ4n) is 3.64. The lowest BCUT2D eigenvalue weighted by Gasteiger charge is -2.19. The van der Waals surface area contributed by atoms with Crippen LogP contribution in [0.4, 0.5) is 0 Å². The molecule has 0 saturated heterocycles. The Bertz CT molecular complexity index is 1090. The van der Waals surface area contributed by atoms with E-state index in [-0.39, 0.29) is 17.4 Å². The normalized spacial score (nSPS) is 11.9. The van der Waals surface area contributed by atoms with Crippen molar-refractivity contribution in [2.75, 3.05) is 7.11 Å². The Kier molecular flexibility index (Phi) is 7.11. The molecule has 0 saturated carbocycles. The van der Waals surface area contributed by atoms with E-state index in [1.165, 1.54) is 6.07 Å². The minimum absolute atomic E-state index is 0.0212. The Morgan fingerprint density at radius 3 is 2.50 bits per heavy atom. The molecule has 1 unspecified atom stereocenters. The third-order valence-corrected chi connectivity index (χ3v) is 5.40. The first-order valence-corrected chi connectivity index (χ1v) is 10.5. The number of halogens is 1. The summed E-state index contributed by atoms with van der Waals surface area (Å²) < 4.78 is 7.29. The van der Waals surface area contributed by atoms with Crippen LogP contribution in [0.25, 0.3) is 11.1 Å². The summed E-state index contributed by atoms with van der Waals surface area (Å²) in [5, 5.41) is 0.502. The second kappa shape index (κ2) is 9.77. The number of Topliss-reactive ketones (excluding diaryl/α,β-unsaturated/α-hetero) is 1. The SMILES string of the molecule is CCCC(=O)c1ccc(Cl)cc1-c1cc(=O)n(C(C)Cc2ccccc2)cc1OC. The molecule has 0 fully saturated rings. The number of pyridine rings is 1. The van der Waals surface area contributed by atoms with Crippen molar-refractivity contribution in [3.63, 3.8) is 0 Å². The molecule has 0 N–H and O–H groups in total. The minimum Gasteiger partial charge on any atom is -0.495 e. The summed E-state index contributed by atoms with van der Waals surface area (Å²) >= 11 is 6.22. The summed E-state index contributed by atoms with van der Waals surface area (Å²) in [7, 11) is 1.56. The molecule has 0 aliphatic rings. The first kappa shape index (κ1) is 21.8. The van der Waals surface area contributed by atoms with Crippen molar-refractivity contribution < 1.29 is 9.53 Å². The summed E-state index contributed by atoms with van der Waals surface area (Å²) in [5.41, 5.74) is 2.75. The van der Waals surface area contributed by atoms with Crippen LogP contribution in [0.15, 0.2) is 65.6 Å². The van der Waals surface area contributed by atoms with Crippen molar-refractivity contribution in [2.45, 2.75) is 39.2 Å². The molecule has 156 valence electrons. The van der Waals surface area contributed by atoms with Gasteiger partial charge < -0.3 is 9.30 Å². The van der Waals surface area contributed by atoms with Gasteiger partial charge >= 0.3 is 0 Å². The van der Waals surface area contributed by atoms with E-state index in [1.54, 1.807) is 36.1 Å². The highest BCUT2D eigenvalue weighted by molar-refractivity contribution is 6.31. The highest BCUT2D eigenvalue weighted by Crippen LogP contribution is 2.34. The lowest BCUT2D eigenvalue weighted by atomic mass is 9.95. The zero-order chi connectivity index (χ0) is 21.7. The molecule has 0 spiro atoms. The number of ether oxygens (including phenoxy) is 1. The zero-order valence-electron chi connectivity index (χ0n) is 17.5. The molecule has 0 bridgehead atoms. The van der Waals surface area contributed by atoms with Crippen molar-refractivity contribution in [1.29, 1.82) is 0 Å². The van der Waals surface area contributed by atoms with Gasteiger partial charge in [-0.1, -0.05) is 48.9 Å². The predicted octanol–water partition coefficient (Wildman–Crippen LogP) is 5.96. The number of rotatable bonds is 8. The van der Waals surface area contributed by atoms with Crippen LogP contribution < -0.4 is 10.3 Å². The smallest absolute Gasteiger partial charge is 0.251 e. The molecule has 30 heavy (non-hydrogen) atoms. The second-order valence-electron chi connectivity index (χ2n) is 7.40. The van der Waals surface area contributed by atoms with Gasteiger partial charge in [0.1, 0.15) is 5.75 Å². The number of carbonyl (C=O) groups is 1. The standard InChI is InChI=1S/C25H26ClNO3/c1-4-8-23(28)20-12-11-19(26)14-21(20)22-15-25(29)27(16-24(22)30-3)17(2)13-18-9-6-5-7-10-18/h5-7,9-12,14-17H,4,8,13H2,1-3H3. The van der Waals surface area contributed by atoms with E-state index in [1.807, 2.05) is 44.2 Å².